The molecule has 0 amide bonds. The highest BCUT2D eigenvalue weighted by atomic mass is 32.2. The minimum absolute atomic E-state index is 0.0468. The van der Waals surface area contributed by atoms with Crippen LogP contribution in [0.4, 0.5) is 4.39 Å². The van der Waals surface area contributed by atoms with Gasteiger partial charge in [-0.05, 0) is 60.4 Å². The van der Waals surface area contributed by atoms with E-state index in [-0.39, 0.29) is 11.9 Å². The average molecular weight is 474 g/mol. The number of halogens is 1. The van der Waals surface area contributed by atoms with Crippen molar-refractivity contribution in [3.63, 3.8) is 0 Å². The van der Waals surface area contributed by atoms with Gasteiger partial charge in [-0.3, -0.25) is 4.90 Å². The van der Waals surface area contributed by atoms with Gasteiger partial charge in [-0.15, -0.1) is 0 Å². The van der Waals surface area contributed by atoms with Crippen LogP contribution in [0, 0.1) is 18.7 Å². The highest BCUT2D eigenvalue weighted by Crippen LogP contribution is 2.33. The van der Waals surface area contributed by atoms with Crippen LogP contribution in [-0.2, 0) is 10.2 Å². The molecule has 1 aliphatic rings. The van der Waals surface area contributed by atoms with Gasteiger partial charge in [-0.25, -0.2) is 9.07 Å². The van der Waals surface area contributed by atoms with Gasteiger partial charge in [0.05, 0.1) is 17.4 Å². The summed E-state index contributed by atoms with van der Waals surface area (Å²) in [5.41, 5.74) is 3.92. The van der Waals surface area contributed by atoms with Crippen LogP contribution in [0.3, 0.4) is 0 Å². The van der Waals surface area contributed by atoms with E-state index in [0.717, 1.165) is 34.3 Å². The molecule has 9 heteroatoms. The fraction of sp³-hybridized carbons (Fsp3) is 0.458. The van der Waals surface area contributed by atoms with E-state index in [1.54, 1.807) is 35.2 Å². The molecule has 1 fully saturated rings. The summed E-state index contributed by atoms with van der Waals surface area (Å²) in [4.78, 5) is 2.39. The number of piperazine rings is 1. The Morgan fingerprint density at radius 3 is 2.48 bits per heavy atom. The topological polar surface area (TPSA) is 61.7 Å². The van der Waals surface area contributed by atoms with Gasteiger partial charge < -0.3 is 0 Å². The van der Waals surface area contributed by atoms with Gasteiger partial charge in [0, 0.05) is 51.7 Å². The molecule has 178 valence electrons. The predicted molar refractivity (Wildman–Crippen MR) is 129 cm³/mol. The zero-order valence-corrected chi connectivity index (χ0v) is 20.7. The van der Waals surface area contributed by atoms with Crippen LogP contribution >= 0.6 is 0 Å². The normalized spacial score (nSPS) is 18.6. The molecule has 0 aliphatic carbocycles. The molecule has 1 aromatic heterocycles. The number of rotatable bonds is 6. The molecule has 2 heterocycles. The van der Waals surface area contributed by atoms with Gasteiger partial charge in [0.25, 0.3) is 10.2 Å². The summed E-state index contributed by atoms with van der Waals surface area (Å²) in [6.45, 7) is 8.89. The van der Waals surface area contributed by atoms with Crippen molar-refractivity contribution in [2.75, 3.05) is 40.3 Å². The van der Waals surface area contributed by atoms with Crippen molar-refractivity contribution in [2.24, 2.45) is 5.92 Å². The number of aromatic nitrogens is 2. The predicted octanol–water partition coefficient (Wildman–Crippen LogP) is 3.59. The summed E-state index contributed by atoms with van der Waals surface area (Å²) in [5, 5.41) is 5.50. The first-order valence-electron chi connectivity index (χ1n) is 11.2. The smallest absolute Gasteiger partial charge is 0.281 e. The van der Waals surface area contributed by atoms with Crippen molar-refractivity contribution in [1.82, 2.24) is 23.3 Å². The molecular weight excluding hydrogens is 441 g/mol. The second-order valence-corrected chi connectivity index (χ2v) is 11.5. The van der Waals surface area contributed by atoms with E-state index in [4.69, 9.17) is 0 Å². The van der Waals surface area contributed by atoms with E-state index in [2.05, 4.69) is 42.9 Å². The standard InChI is InChI=1S/C24H32FN5O2S/c1-17(2)15-28-10-11-29(33(31,32)27(4)5)16-24(28)22-13-19-14-26-30(23(19)12-18(22)3)21-8-6-20(25)7-9-21/h6-9,12-14,17,24H,10-11,15-16H2,1-5H3/t24-/m1/s1. The fourth-order valence-electron chi connectivity index (χ4n) is 4.56. The zero-order valence-electron chi connectivity index (χ0n) is 19.9. The highest BCUT2D eigenvalue weighted by Gasteiger charge is 2.36. The molecule has 1 saturated heterocycles. The summed E-state index contributed by atoms with van der Waals surface area (Å²) < 4.78 is 43.8. The lowest BCUT2D eigenvalue weighted by molar-refractivity contribution is 0.102. The Bertz CT molecular complexity index is 1240. The van der Waals surface area contributed by atoms with Crippen LogP contribution in [0.2, 0.25) is 0 Å². The Hall–Kier alpha value is -2.33. The monoisotopic (exact) mass is 473 g/mol. The summed E-state index contributed by atoms with van der Waals surface area (Å²) >= 11 is 0. The molecule has 0 unspecified atom stereocenters. The van der Waals surface area contributed by atoms with Gasteiger partial charge in [0.15, 0.2) is 0 Å². The van der Waals surface area contributed by atoms with E-state index in [1.165, 1.54) is 16.4 Å². The molecule has 0 radical (unpaired) electrons. The molecule has 33 heavy (non-hydrogen) atoms. The van der Waals surface area contributed by atoms with Crippen LogP contribution in [0.1, 0.15) is 31.0 Å². The second kappa shape index (κ2) is 9.13. The molecular formula is C24H32FN5O2S. The lowest BCUT2D eigenvalue weighted by Gasteiger charge is -2.42. The lowest BCUT2D eigenvalue weighted by Crippen LogP contribution is -2.53. The number of fused-ring (bicyclic) bond motifs is 1. The Labute approximate surface area is 195 Å². The third kappa shape index (κ3) is 4.68. The van der Waals surface area contributed by atoms with Crippen LogP contribution in [0.15, 0.2) is 42.6 Å². The summed E-state index contributed by atoms with van der Waals surface area (Å²) in [6.07, 6.45) is 1.81. The fourth-order valence-corrected chi connectivity index (χ4v) is 5.67. The maximum Gasteiger partial charge on any atom is 0.281 e. The van der Waals surface area contributed by atoms with Crippen molar-refractivity contribution < 1.29 is 12.8 Å². The molecule has 4 rings (SSSR count). The Morgan fingerprint density at radius 1 is 1.15 bits per heavy atom. The maximum absolute atomic E-state index is 13.4. The van der Waals surface area contributed by atoms with E-state index < -0.39 is 10.2 Å². The third-order valence-electron chi connectivity index (χ3n) is 6.23. The third-order valence-corrected chi connectivity index (χ3v) is 8.13. The van der Waals surface area contributed by atoms with E-state index >= 15 is 0 Å². The van der Waals surface area contributed by atoms with Crippen LogP contribution < -0.4 is 0 Å². The molecule has 0 bridgehead atoms. The summed E-state index contributed by atoms with van der Waals surface area (Å²) in [6, 6.07) is 10.4. The van der Waals surface area contributed by atoms with Crippen molar-refractivity contribution >= 4 is 21.1 Å². The van der Waals surface area contributed by atoms with E-state index in [9.17, 15) is 12.8 Å². The number of nitrogens with zero attached hydrogens (tertiary/aromatic N) is 5. The lowest BCUT2D eigenvalue weighted by atomic mass is 9.96. The quantitative estimate of drug-likeness (QED) is 0.549. The van der Waals surface area contributed by atoms with Crippen LogP contribution in [0.5, 0.6) is 0 Å². The number of hydrogen-bond acceptors (Lipinski definition) is 4. The molecule has 0 saturated carbocycles. The first-order chi connectivity index (χ1) is 15.6. The Kier molecular flexibility index (Phi) is 6.59. The zero-order chi connectivity index (χ0) is 23.9. The minimum atomic E-state index is -3.49. The molecule has 1 aliphatic heterocycles. The molecule has 0 spiro atoms. The molecule has 3 aromatic rings. The number of hydrogen-bond donors (Lipinski definition) is 0. The van der Waals surface area contributed by atoms with Crippen molar-refractivity contribution in [3.05, 3.63) is 59.5 Å². The first-order valence-corrected chi connectivity index (χ1v) is 12.6. The summed E-state index contributed by atoms with van der Waals surface area (Å²) in [5.74, 6) is 0.184. The second-order valence-electron chi connectivity index (χ2n) is 9.35. The van der Waals surface area contributed by atoms with Gasteiger partial charge in [0.2, 0.25) is 0 Å². The van der Waals surface area contributed by atoms with Gasteiger partial charge in [-0.1, -0.05) is 13.8 Å². The number of aryl methyl sites for hydroxylation is 1. The van der Waals surface area contributed by atoms with E-state index in [1.807, 2.05) is 6.20 Å². The van der Waals surface area contributed by atoms with Crippen molar-refractivity contribution in [1.29, 1.82) is 0 Å². The largest absolute Gasteiger partial charge is 0.293 e. The van der Waals surface area contributed by atoms with Gasteiger partial charge in [-0.2, -0.15) is 22.1 Å². The Morgan fingerprint density at radius 2 is 1.85 bits per heavy atom. The molecule has 1 atom stereocenters. The van der Waals surface area contributed by atoms with Gasteiger partial charge in [0.1, 0.15) is 5.82 Å². The molecule has 0 N–H and O–H groups in total. The van der Waals surface area contributed by atoms with Crippen LogP contribution in [0.25, 0.3) is 16.6 Å². The molecule has 7 nitrogen and oxygen atoms in total. The maximum atomic E-state index is 13.4. The van der Waals surface area contributed by atoms with Crippen molar-refractivity contribution in [3.8, 4) is 5.69 Å². The number of benzene rings is 2. The Balaban J connectivity index is 1.75. The minimum Gasteiger partial charge on any atom is -0.293 e. The summed E-state index contributed by atoms with van der Waals surface area (Å²) in [7, 11) is -0.340. The van der Waals surface area contributed by atoms with Crippen molar-refractivity contribution in [2.45, 2.75) is 26.8 Å². The average Bonchev–Trinajstić information content (AvgIpc) is 3.16. The first kappa shape index (κ1) is 23.8. The van der Waals surface area contributed by atoms with E-state index in [0.29, 0.717) is 25.6 Å². The van der Waals surface area contributed by atoms with Crippen LogP contribution in [-0.4, -0.2) is 72.0 Å². The van der Waals surface area contributed by atoms with Gasteiger partial charge >= 0.3 is 0 Å². The molecule has 2 aromatic carbocycles. The SMILES string of the molecule is Cc1cc2c(cnn2-c2ccc(F)cc2)cc1[C@H]1CN(S(=O)(=O)N(C)C)CCN1CC(C)C. The highest BCUT2D eigenvalue weighted by molar-refractivity contribution is 7.86.